The molecule has 106 valence electrons. The van der Waals surface area contributed by atoms with E-state index in [2.05, 4.69) is 33.0 Å². The number of halogens is 1. The third kappa shape index (κ3) is 5.21. The number of nitrogens with two attached hydrogens (primary N) is 1. The first-order valence-electron chi connectivity index (χ1n) is 6.21. The summed E-state index contributed by atoms with van der Waals surface area (Å²) >= 11 is 5.18. The van der Waals surface area contributed by atoms with Crippen LogP contribution in [0, 0.1) is 11.3 Å². The third-order valence-corrected chi connectivity index (χ3v) is 4.56. The maximum atomic E-state index is 8.79. The quantitative estimate of drug-likeness (QED) is 0.786. The topological polar surface area (TPSA) is 62.3 Å². The molecule has 19 heavy (non-hydrogen) atoms. The molecule has 0 bridgehead atoms. The first-order valence-corrected chi connectivity index (χ1v) is 7.81. The number of methoxy groups -OCH3 is 1. The van der Waals surface area contributed by atoms with Gasteiger partial charge < -0.3 is 10.5 Å². The number of nitriles is 1. The lowest BCUT2D eigenvalue weighted by Crippen LogP contribution is -2.41. The van der Waals surface area contributed by atoms with Crippen LogP contribution in [0.4, 0.5) is 0 Å². The third-order valence-electron chi connectivity index (χ3n) is 2.87. The molecular formula is C13H20BrN3OS. The first-order chi connectivity index (χ1) is 9.10. The van der Waals surface area contributed by atoms with Crippen molar-refractivity contribution in [2.45, 2.75) is 25.4 Å². The molecule has 1 rings (SSSR count). The van der Waals surface area contributed by atoms with Gasteiger partial charge in [0.1, 0.15) is 0 Å². The highest BCUT2D eigenvalue weighted by Crippen LogP contribution is 2.32. The van der Waals surface area contributed by atoms with Crippen LogP contribution in [-0.4, -0.2) is 37.7 Å². The largest absolute Gasteiger partial charge is 0.383 e. The van der Waals surface area contributed by atoms with Gasteiger partial charge in [0.2, 0.25) is 0 Å². The second-order valence-corrected chi connectivity index (χ2v) is 6.88. The van der Waals surface area contributed by atoms with Gasteiger partial charge in [0.05, 0.1) is 22.5 Å². The summed E-state index contributed by atoms with van der Waals surface area (Å²) in [7, 11) is 1.69. The van der Waals surface area contributed by atoms with Gasteiger partial charge >= 0.3 is 0 Å². The van der Waals surface area contributed by atoms with Crippen molar-refractivity contribution >= 4 is 27.3 Å². The highest BCUT2D eigenvalue weighted by molar-refractivity contribution is 9.11. The van der Waals surface area contributed by atoms with E-state index >= 15 is 0 Å². The second kappa shape index (κ2) is 8.67. The molecule has 0 radical (unpaired) electrons. The molecule has 0 aliphatic rings. The zero-order valence-corrected chi connectivity index (χ0v) is 13.7. The zero-order valence-electron chi connectivity index (χ0n) is 11.3. The fourth-order valence-electron chi connectivity index (χ4n) is 2.05. The van der Waals surface area contributed by atoms with Gasteiger partial charge in [0.15, 0.2) is 0 Å². The number of hydrogen-bond donors (Lipinski definition) is 1. The molecule has 1 aromatic heterocycles. The number of thiophene rings is 1. The molecule has 4 nitrogen and oxygen atoms in total. The van der Waals surface area contributed by atoms with Crippen molar-refractivity contribution < 1.29 is 4.74 Å². The summed E-state index contributed by atoms with van der Waals surface area (Å²) < 4.78 is 6.25. The minimum absolute atomic E-state index is 0.00102. The van der Waals surface area contributed by atoms with E-state index < -0.39 is 0 Å². The van der Waals surface area contributed by atoms with Gasteiger partial charge in [-0.05, 0) is 35.0 Å². The van der Waals surface area contributed by atoms with Crippen LogP contribution in [0.1, 0.15) is 24.3 Å². The Labute approximate surface area is 127 Å². The number of hydrogen-bond acceptors (Lipinski definition) is 5. The molecule has 0 saturated carbocycles. The molecule has 2 N–H and O–H groups in total. The van der Waals surface area contributed by atoms with E-state index in [1.165, 1.54) is 4.88 Å². The summed E-state index contributed by atoms with van der Waals surface area (Å²) in [5.74, 6) is 0. The molecule has 0 aliphatic carbocycles. The summed E-state index contributed by atoms with van der Waals surface area (Å²) in [5, 5.41) is 8.79. The van der Waals surface area contributed by atoms with Crippen molar-refractivity contribution in [1.82, 2.24) is 4.90 Å². The van der Waals surface area contributed by atoms with Crippen LogP contribution >= 0.6 is 27.3 Å². The molecule has 2 atom stereocenters. The molecule has 0 aromatic carbocycles. The average Bonchev–Trinajstić information content (AvgIpc) is 2.78. The van der Waals surface area contributed by atoms with Crippen LogP contribution in [0.5, 0.6) is 0 Å². The van der Waals surface area contributed by atoms with Crippen molar-refractivity contribution in [1.29, 1.82) is 5.26 Å². The Balaban J connectivity index is 2.87. The van der Waals surface area contributed by atoms with E-state index in [0.29, 0.717) is 19.6 Å². The summed E-state index contributed by atoms with van der Waals surface area (Å²) in [5.41, 5.74) is 6.15. The lowest BCUT2D eigenvalue weighted by atomic mass is 10.1. The Morgan fingerprint density at radius 2 is 2.26 bits per heavy atom. The van der Waals surface area contributed by atoms with Crippen LogP contribution in [0.2, 0.25) is 0 Å². The van der Waals surface area contributed by atoms with Gasteiger partial charge in [-0.1, -0.05) is 0 Å². The molecular weight excluding hydrogens is 326 g/mol. The van der Waals surface area contributed by atoms with Gasteiger partial charge in [-0.2, -0.15) is 5.26 Å². The lowest BCUT2D eigenvalue weighted by molar-refractivity contribution is 0.113. The summed E-state index contributed by atoms with van der Waals surface area (Å²) in [6.45, 7) is 4.13. The van der Waals surface area contributed by atoms with Gasteiger partial charge in [0.25, 0.3) is 0 Å². The van der Waals surface area contributed by atoms with Crippen LogP contribution in [0.25, 0.3) is 0 Å². The van der Waals surface area contributed by atoms with Crippen molar-refractivity contribution in [2.75, 3.05) is 26.8 Å². The van der Waals surface area contributed by atoms with Crippen molar-refractivity contribution in [3.8, 4) is 6.07 Å². The maximum Gasteiger partial charge on any atom is 0.0702 e. The van der Waals surface area contributed by atoms with Gasteiger partial charge in [-0.15, -0.1) is 11.3 Å². The zero-order chi connectivity index (χ0) is 14.3. The van der Waals surface area contributed by atoms with Gasteiger partial charge in [-0.3, -0.25) is 4.90 Å². The summed E-state index contributed by atoms with van der Waals surface area (Å²) in [6.07, 6.45) is 0.499. The lowest BCUT2D eigenvalue weighted by Gasteiger charge is -2.33. The SMILES string of the molecule is COCCN(CCC#N)C(c1ccc(Br)s1)C(C)N. The highest BCUT2D eigenvalue weighted by Gasteiger charge is 2.25. The maximum absolute atomic E-state index is 8.79. The van der Waals surface area contributed by atoms with Crippen molar-refractivity contribution in [3.63, 3.8) is 0 Å². The predicted molar refractivity (Wildman–Crippen MR) is 82.1 cm³/mol. The average molecular weight is 346 g/mol. The molecule has 0 fully saturated rings. The Hall–Kier alpha value is -0.450. The second-order valence-electron chi connectivity index (χ2n) is 4.38. The monoisotopic (exact) mass is 345 g/mol. The Bertz CT molecular complexity index is 416. The fourth-order valence-corrected chi connectivity index (χ4v) is 3.73. The minimum Gasteiger partial charge on any atom is -0.383 e. The van der Waals surface area contributed by atoms with E-state index in [-0.39, 0.29) is 12.1 Å². The van der Waals surface area contributed by atoms with E-state index in [1.807, 2.05) is 13.0 Å². The van der Waals surface area contributed by atoms with E-state index in [0.717, 1.165) is 10.3 Å². The molecule has 6 heteroatoms. The molecule has 0 amide bonds. The molecule has 0 saturated heterocycles. The fraction of sp³-hybridized carbons (Fsp3) is 0.615. The van der Waals surface area contributed by atoms with Crippen molar-refractivity contribution in [3.05, 3.63) is 20.8 Å². The standard InChI is InChI=1S/C13H20BrN3OS/c1-10(16)13(11-4-5-12(14)19-11)17(7-3-6-15)8-9-18-2/h4-5,10,13H,3,7-9,16H2,1-2H3. The Kier molecular flexibility index (Phi) is 7.57. The predicted octanol–water partition coefficient (Wildman–Crippen LogP) is 2.76. The number of rotatable bonds is 8. The van der Waals surface area contributed by atoms with Gasteiger partial charge in [0, 0.05) is 37.5 Å². The number of nitrogens with zero attached hydrogens (tertiary/aromatic N) is 2. The van der Waals surface area contributed by atoms with Crippen LogP contribution in [0.15, 0.2) is 15.9 Å². The van der Waals surface area contributed by atoms with Crippen LogP contribution < -0.4 is 5.73 Å². The molecule has 1 heterocycles. The highest BCUT2D eigenvalue weighted by atomic mass is 79.9. The molecule has 0 aliphatic heterocycles. The Morgan fingerprint density at radius 1 is 1.53 bits per heavy atom. The first kappa shape index (κ1) is 16.6. The molecule has 1 aromatic rings. The van der Waals surface area contributed by atoms with Crippen molar-refractivity contribution in [2.24, 2.45) is 5.73 Å². The van der Waals surface area contributed by atoms with Crippen LogP contribution in [-0.2, 0) is 4.74 Å². The minimum atomic E-state index is 0.00102. The van der Waals surface area contributed by atoms with Gasteiger partial charge in [-0.25, -0.2) is 0 Å². The molecule has 0 spiro atoms. The Morgan fingerprint density at radius 3 is 2.74 bits per heavy atom. The normalized spacial score (nSPS) is 14.3. The smallest absolute Gasteiger partial charge is 0.0702 e. The van der Waals surface area contributed by atoms with Crippen LogP contribution in [0.3, 0.4) is 0 Å². The summed E-state index contributed by atoms with van der Waals surface area (Å²) in [4.78, 5) is 3.45. The number of ether oxygens (including phenoxy) is 1. The molecule has 2 unspecified atom stereocenters. The summed E-state index contributed by atoms with van der Waals surface area (Å²) in [6, 6.07) is 6.45. The van der Waals surface area contributed by atoms with E-state index in [1.54, 1.807) is 18.4 Å². The van der Waals surface area contributed by atoms with E-state index in [9.17, 15) is 0 Å². The van der Waals surface area contributed by atoms with E-state index in [4.69, 9.17) is 15.7 Å².